The van der Waals surface area contributed by atoms with E-state index in [9.17, 15) is 15.3 Å². The molecule has 1 aromatic carbocycles. The number of benzene rings is 1. The van der Waals surface area contributed by atoms with Crippen LogP contribution in [0.5, 0.6) is 0 Å². The molecule has 0 amide bonds. The number of fused-ring (bicyclic) bond motifs is 1. The number of thiazole rings is 1. The molecule has 136 valence electrons. The van der Waals surface area contributed by atoms with E-state index in [1.807, 2.05) is 24.3 Å². The molecule has 0 saturated heterocycles. The van der Waals surface area contributed by atoms with Crippen LogP contribution in [-0.4, -0.2) is 55.1 Å². The van der Waals surface area contributed by atoms with Gasteiger partial charge in [0.25, 0.3) is 0 Å². The molecule has 2 heterocycles. The smallest absolute Gasteiger partial charge is 0.221 e. The molecule has 8 nitrogen and oxygen atoms in total. The molecule has 0 bridgehead atoms. The van der Waals surface area contributed by atoms with E-state index in [0.29, 0.717) is 17.8 Å². The molecule has 1 aliphatic rings. The number of nitrogens with zero attached hydrogens (tertiary/aromatic N) is 3. The van der Waals surface area contributed by atoms with Gasteiger partial charge in [0.05, 0.1) is 27.9 Å². The van der Waals surface area contributed by atoms with Crippen LogP contribution < -0.4 is 11.1 Å². The summed E-state index contributed by atoms with van der Waals surface area (Å²) in [5.41, 5.74) is 7.30. The number of anilines is 2. The first-order valence-corrected chi connectivity index (χ1v) is 9.10. The highest BCUT2D eigenvalue weighted by Crippen LogP contribution is 2.35. The lowest BCUT2D eigenvalue weighted by Gasteiger charge is -2.19. The Morgan fingerprint density at radius 1 is 1.19 bits per heavy atom. The van der Waals surface area contributed by atoms with Gasteiger partial charge in [-0.25, -0.2) is 9.97 Å². The van der Waals surface area contributed by atoms with Crippen LogP contribution in [0.25, 0.3) is 20.8 Å². The van der Waals surface area contributed by atoms with Crippen LogP contribution in [0.4, 0.5) is 11.8 Å². The molecule has 0 aliphatic heterocycles. The van der Waals surface area contributed by atoms with E-state index < -0.39 is 18.2 Å². The predicted octanol–water partition coefficient (Wildman–Crippen LogP) is 0.850. The van der Waals surface area contributed by atoms with Crippen molar-refractivity contribution in [3.63, 3.8) is 0 Å². The topological polar surface area (TPSA) is 137 Å². The molecule has 1 aliphatic carbocycles. The van der Waals surface area contributed by atoms with Crippen molar-refractivity contribution >= 4 is 33.3 Å². The highest BCUT2D eigenvalue weighted by Gasteiger charge is 2.41. The van der Waals surface area contributed by atoms with Crippen molar-refractivity contribution in [3.8, 4) is 10.6 Å². The maximum absolute atomic E-state index is 10.3. The van der Waals surface area contributed by atoms with Gasteiger partial charge in [0.1, 0.15) is 16.9 Å². The molecule has 6 N–H and O–H groups in total. The number of aliphatic hydroxyl groups excluding tert-OH is 3. The fraction of sp³-hybridized carbons (Fsp3) is 0.353. The van der Waals surface area contributed by atoms with E-state index >= 15 is 0 Å². The average molecular weight is 373 g/mol. The summed E-state index contributed by atoms with van der Waals surface area (Å²) >= 11 is 1.51. The molecular weight excluding hydrogens is 354 g/mol. The third-order valence-corrected chi connectivity index (χ3v) is 5.76. The maximum atomic E-state index is 10.3. The Kier molecular flexibility index (Phi) is 4.45. The van der Waals surface area contributed by atoms with Crippen LogP contribution in [0.2, 0.25) is 0 Å². The Balaban J connectivity index is 1.69. The summed E-state index contributed by atoms with van der Waals surface area (Å²) in [5.74, 6) is 0.170. The van der Waals surface area contributed by atoms with Gasteiger partial charge in [0.15, 0.2) is 0 Å². The normalized spacial score (nSPS) is 25.7. The monoisotopic (exact) mass is 373 g/mol. The Labute approximate surface area is 153 Å². The van der Waals surface area contributed by atoms with E-state index in [4.69, 9.17) is 5.73 Å². The van der Waals surface area contributed by atoms with E-state index in [1.165, 1.54) is 11.3 Å². The SMILES string of the molecule is Nc1ncc(-c2nc3ccccc3s2)c(N[C@@H]2C[C@H](CO)[C@@H](O)[C@H]2O)n1. The molecule has 2 aromatic heterocycles. The van der Waals surface area contributed by atoms with Crippen molar-refractivity contribution in [1.82, 2.24) is 15.0 Å². The second kappa shape index (κ2) is 6.76. The molecule has 0 spiro atoms. The molecule has 3 aromatic rings. The van der Waals surface area contributed by atoms with Crippen LogP contribution in [-0.2, 0) is 0 Å². The summed E-state index contributed by atoms with van der Waals surface area (Å²) in [6.45, 7) is -0.187. The zero-order valence-corrected chi connectivity index (χ0v) is 14.6. The summed E-state index contributed by atoms with van der Waals surface area (Å²) in [5, 5.41) is 33.5. The van der Waals surface area contributed by atoms with Crippen LogP contribution in [0.3, 0.4) is 0 Å². The summed E-state index contributed by atoms with van der Waals surface area (Å²) in [4.78, 5) is 12.9. The summed E-state index contributed by atoms with van der Waals surface area (Å²) in [7, 11) is 0. The molecule has 0 radical (unpaired) electrons. The Bertz CT molecular complexity index is 901. The van der Waals surface area contributed by atoms with Crippen molar-refractivity contribution in [1.29, 1.82) is 0 Å². The molecule has 1 saturated carbocycles. The van der Waals surface area contributed by atoms with Crippen molar-refractivity contribution < 1.29 is 15.3 Å². The lowest BCUT2D eigenvalue weighted by molar-refractivity contribution is 0.00446. The Morgan fingerprint density at radius 2 is 2.00 bits per heavy atom. The quantitative estimate of drug-likeness (QED) is 0.454. The van der Waals surface area contributed by atoms with Gasteiger partial charge >= 0.3 is 0 Å². The number of para-hydroxylation sites is 1. The minimum absolute atomic E-state index is 0.101. The van der Waals surface area contributed by atoms with Gasteiger partial charge < -0.3 is 26.4 Å². The molecule has 0 unspecified atom stereocenters. The zero-order valence-electron chi connectivity index (χ0n) is 13.8. The van der Waals surface area contributed by atoms with Gasteiger partial charge in [-0.05, 0) is 18.6 Å². The van der Waals surface area contributed by atoms with E-state index in [-0.39, 0.29) is 18.5 Å². The fourth-order valence-corrected chi connectivity index (χ4v) is 4.25. The van der Waals surface area contributed by atoms with Gasteiger partial charge in [0, 0.05) is 18.7 Å². The number of hydrogen-bond acceptors (Lipinski definition) is 9. The number of nitrogens with one attached hydrogen (secondary N) is 1. The van der Waals surface area contributed by atoms with Gasteiger partial charge in [-0.1, -0.05) is 12.1 Å². The number of aromatic nitrogens is 3. The Morgan fingerprint density at radius 3 is 2.73 bits per heavy atom. The van der Waals surface area contributed by atoms with Crippen LogP contribution in [0.1, 0.15) is 6.42 Å². The van der Waals surface area contributed by atoms with Gasteiger partial charge in [-0.3, -0.25) is 0 Å². The minimum atomic E-state index is -1.01. The van der Waals surface area contributed by atoms with Gasteiger partial charge in [-0.15, -0.1) is 11.3 Å². The lowest BCUT2D eigenvalue weighted by Crippen LogP contribution is -2.35. The summed E-state index contributed by atoms with van der Waals surface area (Å²) in [6.07, 6.45) is 0.0280. The third kappa shape index (κ3) is 2.99. The van der Waals surface area contributed by atoms with E-state index in [1.54, 1.807) is 6.20 Å². The molecule has 9 heteroatoms. The maximum Gasteiger partial charge on any atom is 0.221 e. The minimum Gasteiger partial charge on any atom is -0.396 e. The first-order valence-electron chi connectivity index (χ1n) is 8.29. The van der Waals surface area contributed by atoms with Crippen LogP contribution in [0, 0.1) is 5.92 Å². The average Bonchev–Trinajstić information content (AvgIpc) is 3.18. The second-order valence-corrected chi connectivity index (χ2v) is 7.42. The summed E-state index contributed by atoms with van der Waals surface area (Å²) in [6, 6.07) is 7.35. The molecule has 4 atom stereocenters. The molecular formula is C17H19N5O3S. The largest absolute Gasteiger partial charge is 0.396 e. The summed E-state index contributed by atoms with van der Waals surface area (Å²) < 4.78 is 1.04. The van der Waals surface area contributed by atoms with Gasteiger partial charge in [-0.2, -0.15) is 4.98 Å². The van der Waals surface area contributed by atoms with Crippen molar-refractivity contribution in [2.45, 2.75) is 24.7 Å². The zero-order chi connectivity index (χ0) is 18.3. The predicted molar refractivity (Wildman–Crippen MR) is 99.7 cm³/mol. The molecule has 4 rings (SSSR count). The highest BCUT2D eigenvalue weighted by atomic mass is 32.1. The van der Waals surface area contributed by atoms with Crippen LogP contribution in [0.15, 0.2) is 30.5 Å². The molecule has 1 fully saturated rings. The first-order chi connectivity index (χ1) is 12.6. The Hall–Kier alpha value is -2.33. The van der Waals surface area contributed by atoms with Crippen molar-refractivity contribution in [3.05, 3.63) is 30.5 Å². The highest BCUT2D eigenvalue weighted by molar-refractivity contribution is 7.21. The number of aliphatic hydroxyl groups is 3. The van der Waals surface area contributed by atoms with Gasteiger partial charge in [0.2, 0.25) is 5.95 Å². The third-order valence-electron chi connectivity index (χ3n) is 4.69. The number of nitrogens with two attached hydrogens (primary N) is 1. The molecule has 26 heavy (non-hydrogen) atoms. The number of nitrogen functional groups attached to an aromatic ring is 1. The number of rotatable bonds is 4. The van der Waals surface area contributed by atoms with E-state index in [0.717, 1.165) is 15.2 Å². The van der Waals surface area contributed by atoms with E-state index in [2.05, 4.69) is 20.3 Å². The standard InChI is InChI=1S/C17H19N5O3S/c18-17-19-6-9(16-21-10-3-1-2-4-12(10)26-16)15(22-17)20-11-5-8(7-23)13(24)14(11)25/h1-4,6,8,11,13-14,23-25H,5,7H2,(H3,18,19,20,22)/t8-,11-,13-,14+/m1/s1. The van der Waals surface area contributed by atoms with Crippen LogP contribution >= 0.6 is 11.3 Å². The first kappa shape index (κ1) is 17.1. The second-order valence-electron chi connectivity index (χ2n) is 6.39. The lowest BCUT2D eigenvalue weighted by atomic mass is 10.1. The van der Waals surface area contributed by atoms with Crippen molar-refractivity contribution in [2.24, 2.45) is 5.92 Å². The fourth-order valence-electron chi connectivity index (χ4n) is 3.27. The number of hydrogen-bond donors (Lipinski definition) is 5. The van der Waals surface area contributed by atoms with Crippen molar-refractivity contribution in [2.75, 3.05) is 17.7 Å².